The van der Waals surface area contributed by atoms with E-state index in [1.54, 1.807) is 24.3 Å². The molecule has 0 aliphatic rings. The predicted molar refractivity (Wildman–Crippen MR) is 106 cm³/mol. The first-order chi connectivity index (χ1) is 13.5. The van der Waals surface area contributed by atoms with Gasteiger partial charge < -0.3 is 14.8 Å². The standard InChI is InChI=1S/C22H25NO5/c1-4-15(2)20(16-10-6-5-7-11-16)22(26)28-14-19(24)23-18-13-9-8-12-17(18)21(25)27-3/h5-13,15,20H,4,14H2,1-3H3,(H,23,24)/t15-,20-/m0/s1. The molecule has 0 saturated carbocycles. The zero-order chi connectivity index (χ0) is 20.5. The summed E-state index contributed by atoms with van der Waals surface area (Å²) in [5.74, 6) is -1.91. The Morgan fingerprint density at radius 3 is 2.29 bits per heavy atom. The molecule has 28 heavy (non-hydrogen) atoms. The number of hydrogen-bond donors (Lipinski definition) is 1. The average Bonchev–Trinajstić information content (AvgIpc) is 2.73. The van der Waals surface area contributed by atoms with Crippen molar-refractivity contribution in [1.82, 2.24) is 0 Å². The number of esters is 2. The molecule has 0 unspecified atom stereocenters. The highest BCUT2D eigenvalue weighted by molar-refractivity contribution is 6.01. The van der Waals surface area contributed by atoms with Gasteiger partial charge in [0, 0.05) is 0 Å². The average molecular weight is 383 g/mol. The third-order valence-electron chi connectivity index (χ3n) is 4.58. The third-order valence-corrected chi connectivity index (χ3v) is 4.58. The van der Waals surface area contributed by atoms with Crippen LogP contribution in [0.5, 0.6) is 0 Å². The summed E-state index contributed by atoms with van der Waals surface area (Å²) in [5.41, 5.74) is 1.39. The Kier molecular flexibility index (Phi) is 7.75. The van der Waals surface area contributed by atoms with E-state index in [9.17, 15) is 14.4 Å². The van der Waals surface area contributed by atoms with Crippen molar-refractivity contribution in [3.05, 3.63) is 65.7 Å². The zero-order valence-corrected chi connectivity index (χ0v) is 16.3. The third kappa shape index (κ3) is 5.42. The molecule has 6 nitrogen and oxygen atoms in total. The van der Waals surface area contributed by atoms with Crippen molar-refractivity contribution < 1.29 is 23.9 Å². The van der Waals surface area contributed by atoms with Gasteiger partial charge in [-0.25, -0.2) is 4.79 Å². The number of amides is 1. The van der Waals surface area contributed by atoms with Crippen LogP contribution in [0, 0.1) is 5.92 Å². The Bertz CT molecular complexity index is 819. The Morgan fingerprint density at radius 2 is 1.64 bits per heavy atom. The van der Waals surface area contributed by atoms with E-state index in [1.807, 2.05) is 44.2 Å². The van der Waals surface area contributed by atoms with Crippen LogP contribution in [-0.2, 0) is 19.1 Å². The molecular formula is C22H25NO5. The maximum absolute atomic E-state index is 12.6. The van der Waals surface area contributed by atoms with Crippen molar-refractivity contribution in [1.29, 1.82) is 0 Å². The fraction of sp³-hybridized carbons (Fsp3) is 0.318. The van der Waals surface area contributed by atoms with Gasteiger partial charge in [-0.1, -0.05) is 62.7 Å². The minimum atomic E-state index is -0.561. The van der Waals surface area contributed by atoms with E-state index < -0.39 is 30.4 Å². The van der Waals surface area contributed by atoms with E-state index in [2.05, 4.69) is 5.32 Å². The maximum Gasteiger partial charge on any atom is 0.339 e. The summed E-state index contributed by atoms with van der Waals surface area (Å²) < 4.78 is 9.98. The van der Waals surface area contributed by atoms with Gasteiger partial charge in [0.25, 0.3) is 5.91 Å². The second-order valence-electron chi connectivity index (χ2n) is 6.47. The summed E-state index contributed by atoms with van der Waals surface area (Å²) in [6, 6.07) is 15.9. The Balaban J connectivity index is 2.03. The fourth-order valence-electron chi connectivity index (χ4n) is 2.89. The Labute approximate surface area is 164 Å². The summed E-state index contributed by atoms with van der Waals surface area (Å²) in [6.45, 7) is 3.55. The lowest BCUT2D eigenvalue weighted by molar-refractivity contribution is -0.150. The van der Waals surface area contributed by atoms with E-state index in [1.165, 1.54) is 7.11 Å². The fourth-order valence-corrected chi connectivity index (χ4v) is 2.89. The van der Waals surface area contributed by atoms with E-state index >= 15 is 0 Å². The zero-order valence-electron chi connectivity index (χ0n) is 16.3. The second-order valence-corrected chi connectivity index (χ2v) is 6.47. The quantitative estimate of drug-likeness (QED) is 0.702. The summed E-state index contributed by atoms with van der Waals surface area (Å²) in [6.07, 6.45) is 0.799. The number of carbonyl (C=O) groups is 3. The molecule has 0 aromatic heterocycles. The van der Waals surface area contributed by atoms with Crippen LogP contribution < -0.4 is 5.32 Å². The van der Waals surface area contributed by atoms with Gasteiger partial charge in [-0.05, 0) is 23.6 Å². The highest BCUT2D eigenvalue weighted by Crippen LogP contribution is 2.28. The maximum atomic E-state index is 12.6. The number of methoxy groups -OCH3 is 1. The molecule has 2 rings (SSSR count). The van der Waals surface area contributed by atoms with Crippen LogP contribution in [0.3, 0.4) is 0 Å². The molecule has 2 aromatic rings. The minimum Gasteiger partial charge on any atom is -0.465 e. The van der Waals surface area contributed by atoms with Crippen LogP contribution in [0.1, 0.15) is 42.1 Å². The summed E-state index contributed by atoms with van der Waals surface area (Å²) >= 11 is 0. The molecule has 2 atom stereocenters. The highest BCUT2D eigenvalue weighted by atomic mass is 16.5. The van der Waals surface area contributed by atoms with Crippen molar-refractivity contribution in [3.8, 4) is 0 Å². The van der Waals surface area contributed by atoms with Crippen LogP contribution in [0.25, 0.3) is 0 Å². The van der Waals surface area contributed by atoms with Gasteiger partial charge in [-0.2, -0.15) is 0 Å². The number of carbonyl (C=O) groups excluding carboxylic acids is 3. The molecule has 0 bridgehead atoms. The van der Waals surface area contributed by atoms with Gasteiger partial charge >= 0.3 is 11.9 Å². The number of rotatable bonds is 8. The van der Waals surface area contributed by atoms with Gasteiger partial charge in [0.1, 0.15) is 0 Å². The van der Waals surface area contributed by atoms with Gasteiger partial charge in [0.15, 0.2) is 6.61 Å². The van der Waals surface area contributed by atoms with Gasteiger partial charge in [0.2, 0.25) is 0 Å². The molecule has 148 valence electrons. The topological polar surface area (TPSA) is 81.7 Å². The molecule has 0 aliphatic carbocycles. The van der Waals surface area contributed by atoms with Crippen molar-refractivity contribution in [2.24, 2.45) is 5.92 Å². The summed E-state index contributed by atoms with van der Waals surface area (Å²) in [5, 5.41) is 2.59. The monoisotopic (exact) mass is 383 g/mol. The smallest absolute Gasteiger partial charge is 0.339 e. The van der Waals surface area contributed by atoms with Gasteiger partial charge in [0.05, 0.1) is 24.3 Å². The number of nitrogens with one attached hydrogen (secondary N) is 1. The van der Waals surface area contributed by atoms with Crippen LogP contribution in [0.4, 0.5) is 5.69 Å². The van der Waals surface area contributed by atoms with Crippen molar-refractivity contribution in [2.75, 3.05) is 19.0 Å². The molecule has 0 fully saturated rings. The molecule has 1 N–H and O–H groups in total. The van der Waals surface area contributed by atoms with Crippen molar-refractivity contribution in [3.63, 3.8) is 0 Å². The van der Waals surface area contributed by atoms with E-state index in [-0.39, 0.29) is 11.5 Å². The summed E-state index contributed by atoms with van der Waals surface area (Å²) in [4.78, 5) is 36.7. The first kappa shape index (κ1) is 21.2. The lowest BCUT2D eigenvalue weighted by Crippen LogP contribution is -2.27. The second kappa shape index (κ2) is 10.3. The van der Waals surface area contributed by atoms with Crippen LogP contribution in [0.15, 0.2) is 54.6 Å². The highest BCUT2D eigenvalue weighted by Gasteiger charge is 2.28. The number of para-hydroxylation sites is 1. The van der Waals surface area contributed by atoms with Gasteiger partial charge in [-0.15, -0.1) is 0 Å². The van der Waals surface area contributed by atoms with E-state index in [0.717, 1.165) is 12.0 Å². The number of ether oxygens (including phenoxy) is 2. The lowest BCUT2D eigenvalue weighted by Gasteiger charge is -2.21. The molecule has 0 radical (unpaired) electrons. The largest absolute Gasteiger partial charge is 0.465 e. The molecule has 0 aliphatic heterocycles. The van der Waals surface area contributed by atoms with Crippen LogP contribution >= 0.6 is 0 Å². The van der Waals surface area contributed by atoms with Crippen molar-refractivity contribution in [2.45, 2.75) is 26.2 Å². The minimum absolute atomic E-state index is 0.0676. The molecule has 0 saturated heterocycles. The first-order valence-corrected chi connectivity index (χ1v) is 9.16. The summed E-state index contributed by atoms with van der Waals surface area (Å²) in [7, 11) is 1.27. The van der Waals surface area contributed by atoms with Gasteiger partial charge in [-0.3, -0.25) is 9.59 Å². The number of benzene rings is 2. The SMILES string of the molecule is CC[C@H](C)[C@H](C(=O)OCC(=O)Nc1ccccc1C(=O)OC)c1ccccc1. The molecule has 0 spiro atoms. The normalized spacial score (nSPS) is 12.5. The number of anilines is 1. The number of hydrogen-bond acceptors (Lipinski definition) is 5. The Morgan fingerprint density at radius 1 is 1.00 bits per heavy atom. The van der Waals surface area contributed by atoms with Crippen LogP contribution in [-0.4, -0.2) is 31.6 Å². The molecule has 6 heteroatoms. The molecule has 0 heterocycles. The Hall–Kier alpha value is -3.15. The first-order valence-electron chi connectivity index (χ1n) is 9.16. The molecule has 1 amide bonds. The lowest BCUT2D eigenvalue weighted by atomic mass is 9.86. The van der Waals surface area contributed by atoms with Crippen LogP contribution in [0.2, 0.25) is 0 Å². The van der Waals surface area contributed by atoms with E-state index in [0.29, 0.717) is 5.69 Å². The van der Waals surface area contributed by atoms with E-state index in [4.69, 9.17) is 9.47 Å². The predicted octanol–water partition coefficient (Wildman–Crippen LogP) is 3.78. The molecule has 2 aromatic carbocycles. The van der Waals surface area contributed by atoms with Crippen molar-refractivity contribution >= 4 is 23.5 Å². The molecular weight excluding hydrogens is 358 g/mol.